The van der Waals surface area contributed by atoms with Gasteiger partial charge in [0.15, 0.2) is 0 Å². The number of morpholine rings is 1. The summed E-state index contributed by atoms with van der Waals surface area (Å²) in [6, 6.07) is 16.0. The minimum Gasteiger partial charge on any atom is -0.370 e. The van der Waals surface area contributed by atoms with E-state index < -0.39 is 0 Å². The van der Waals surface area contributed by atoms with Crippen LogP contribution >= 0.6 is 0 Å². The molecule has 0 N–H and O–H groups in total. The predicted molar refractivity (Wildman–Crippen MR) is 104 cm³/mol. The van der Waals surface area contributed by atoms with E-state index in [0.29, 0.717) is 31.1 Å². The molecule has 0 saturated carbocycles. The van der Waals surface area contributed by atoms with Crippen molar-refractivity contribution in [2.24, 2.45) is 7.05 Å². The Morgan fingerprint density at radius 1 is 1.14 bits per heavy atom. The van der Waals surface area contributed by atoms with Crippen LogP contribution in [0.1, 0.15) is 27.7 Å². The summed E-state index contributed by atoms with van der Waals surface area (Å²) in [6.07, 6.45) is -0.136. The fraction of sp³-hybridized carbons (Fsp3) is 0.273. The van der Waals surface area contributed by atoms with E-state index in [2.05, 4.69) is 17.2 Å². The second-order valence-electron chi connectivity index (χ2n) is 7.07. The van der Waals surface area contributed by atoms with Crippen LogP contribution in [0.15, 0.2) is 54.6 Å². The molecule has 0 radical (unpaired) electrons. The molecular weight excluding hydrogens is 357 g/mol. The van der Waals surface area contributed by atoms with Gasteiger partial charge in [0, 0.05) is 19.2 Å². The first-order valence-corrected chi connectivity index (χ1v) is 9.28. The third kappa shape index (κ3) is 3.68. The van der Waals surface area contributed by atoms with Crippen molar-refractivity contribution in [3.63, 3.8) is 0 Å². The molecule has 144 valence electrons. The molecule has 28 heavy (non-hydrogen) atoms. The van der Waals surface area contributed by atoms with Gasteiger partial charge in [0.2, 0.25) is 0 Å². The number of aryl methyl sites for hydroxylation is 2. The highest BCUT2D eigenvalue weighted by Gasteiger charge is 2.28. The van der Waals surface area contributed by atoms with Gasteiger partial charge < -0.3 is 9.64 Å². The number of carbonyl (C=O) groups excluding carboxylic acids is 1. The molecule has 3 aromatic rings. The first-order valence-electron chi connectivity index (χ1n) is 9.28. The van der Waals surface area contributed by atoms with Crippen molar-refractivity contribution in [3.8, 4) is 11.3 Å². The lowest BCUT2D eigenvalue weighted by Crippen LogP contribution is -2.42. The van der Waals surface area contributed by atoms with Crippen LogP contribution < -0.4 is 0 Å². The Labute approximate surface area is 163 Å². The van der Waals surface area contributed by atoms with Gasteiger partial charge >= 0.3 is 0 Å². The van der Waals surface area contributed by atoms with E-state index >= 15 is 0 Å². The molecule has 6 heteroatoms. The lowest BCUT2D eigenvalue weighted by molar-refractivity contribution is -0.0231. The SMILES string of the molecule is Cc1ccc(C2CN(C(=O)c3cc(-c4ccc(F)cc4)nn3C)CCO2)cc1. The van der Waals surface area contributed by atoms with E-state index in [4.69, 9.17) is 4.74 Å². The number of amides is 1. The second-order valence-corrected chi connectivity index (χ2v) is 7.07. The van der Waals surface area contributed by atoms with Crippen molar-refractivity contribution in [1.82, 2.24) is 14.7 Å². The van der Waals surface area contributed by atoms with Crippen LogP contribution in [0, 0.1) is 12.7 Å². The minimum atomic E-state index is -0.300. The average Bonchev–Trinajstić information content (AvgIpc) is 3.10. The largest absolute Gasteiger partial charge is 0.370 e. The molecule has 1 unspecified atom stereocenters. The van der Waals surface area contributed by atoms with Gasteiger partial charge in [0.25, 0.3) is 5.91 Å². The van der Waals surface area contributed by atoms with Gasteiger partial charge in [-0.3, -0.25) is 9.48 Å². The fourth-order valence-corrected chi connectivity index (χ4v) is 3.41. The molecule has 0 bridgehead atoms. The van der Waals surface area contributed by atoms with Crippen molar-refractivity contribution < 1.29 is 13.9 Å². The highest BCUT2D eigenvalue weighted by molar-refractivity contribution is 5.93. The summed E-state index contributed by atoms with van der Waals surface area (Å²) in [5.41, 5.74) is 4.18. The summed E-state index contributed by atoms with van der Waals surface area (Å²) in [5.74, 6) is -0.379. The van der Waals surface area contributed by atoms with Crippen LogP contribution in [0.5, 0.6) is 0 Å². The Hall–Kier alpha value is -2.99. The molecule has 2 aromatic carbocycles. The maximum atomic E-state index is 13.2. The normalized spacial score (nSPS) is 17.0. The Kier molecular flexibility index (Phi) is 4.96. The topological polar surface area (TPSA) is 47.4 Å². The van der Waals surface area contributed by atoms with Crippen LogP contribution in [0.2, 0.25) is 0 Å². The number of halogens is 1. The van der Waals surface area contributed by atoms with Gasteiger partial charge in [0.1, 0.15) is 17.6 Å². The zero-order chi connectivity index (χ0) is 19.7. The van der Waals surface area contributed by atoms with E-state index in [1.807, 2.05) is 19.1 Å². The van der Waals surface area contributed by atoms with Gasteiger partial charge in [-0.05, 0) is 42.8 Å². The molecule has 0 spiro atoms. The van der Waals surface area contributed by atoms with Gasteiger partial charge in [-0.1, -0.05) is 29.8 Å². The van der Waals surface area contributed by atoms with Crippen LogP contribution in [-0.2, 0) is 11.8 Å². The summed E-state index contributed by atoms with van der Waals surface area (Å²) in [6.45, 7) is 3.58. The van der Waals surface area contributed by atoms with Crippen molar-refractivity contribution in [2.45, 2.75) is 13.0 Å². The standard InChI is InChI=1S/C22H22FN3O2/c1-15-3-5-17(6-4-15)21-14-26(11-12-28-21)22(27)20-13-19(24-25(20)2)16-7-9-18(23)10-8-16/h3-10,13,21H,11-12,14H2,1-2H3. The molecule has 1 saturated heterocycles. The maximum Gasteiger partial charge on any atom is 0.272 e. The Morgan fingerprint density at radius 2 is 1.86 bits per heavy atom. The van der Waals surface area contributed by atoms with E-state index in [9.17, 15) is 9.18 Å². The van der Waals surface area contributed by atoms with E-state index in [-0.39, 0.29) is 17.8 Å². The van der Waals surface area contributed by atoms with Gasteiger partial charge in [0.05, 0.1) is 18.8 Å². The number of aromatic nitrogens is 2. The molecule has 1 aliphatic rings. The number of ether oxygens (including phenoxy) is 1. The molecule has 2 heterocycles. The van der Waals surface area contributed by atoms with E-state index in [1.54, 1.807) is 34.8 Å². The van der Waals surface area contributed by atoms with Crippen LogP contribution in [-0.4, -0.2) is 40.3 Å². The zero-order valence-corrected chi connectivity index (χ0v) is 15.9. The number of nitrogens with zero attached hydrogens (tertiary/aromatic N) is 3. The molecule has 5 nitrogen and oxygen atoms in total. The summed E-state index contributed by atoms with van der Waals surface area (Å²) >= 11 is 0. The number of benzene rings is 2. The van der Waals surface area contributed by atoms with Crippen LogP contribution in [0.4, 0.5) is 4.39 Å². The number of hydrogen-bond acceptors (Lipinski definition) is 3. The first-order chi connectivity index (χ1) is 13.5. The molecule has 1 aromatic heterocycles. The molecule has 0 aliphatic carbocycles. The quantitative estimate of drug-likeness (QED) is 0.696. The Morgan fingerprint density at radius 3 is 2.57 bits per heavy atom. The highest BCUT2D eigenvalue weighted by Crippen LogP contribution is 2.25. The third-order valence-corrected chi connectivity index (χ3v) is 5.04. The highest BCUT2D eigenvalue weighted by atomic mass is 19.1. The number of carbonyl (C=O) groups is 1. The predicted octanol–water partition coefficient (Wildman–Crippen LogP) is 3.75. The Bertz CT molecular complexity index is 980. The van der Waals surface area contributed by atoms with Gasteiger partial charge in [-0.15, -0.1) is 0 Å². The van der Waals surface area contributed by atoms with Gasteiger partial charge in [-0.2, -0.15) is 5.10 Å². The monoisotopic (exact) mass is 379 g/mol. The lowest BCUT2D eigenvalue weighted by atomic mass is 10.1. The smallest absolute Gasteiger partial charge is 0.272 e. The van der Waals surface area contributed by atoms with E-state index in [0.717, 1.165) is 11.1 Å². The van der Waals surface area contributed by atoms with E-state index in [1.165, 1.54) is 17.7 Å². The summed E-state index contributed by atoms with van der Waals surface area (Å²) in [5, 5.41) is 4.43. The van der Waals surface area contributed by atoms with Crippen molar-refractivity contribution >= 4 is 5.91 Å². The summed E-state index contributed by atoms with van der Waals surface area (Å²) < 4.78 is 20.6. The first kappa shape index (κ1) is 18.4. The average molecular weight is 379 g/mol. The van der Waals surface area contributed by atoms with Crippen LogP contribution in [0.3, 0.4) is 0 Å². The molecule has 1 aliphatic heterocycles. The van der Waals surface area contributed by atoms with Crippen LogP contribution in [0.25, 0.3) is 11.3 Å². The molecular formula is C22H22FN3O2. The number of hydrogen-bond donors (Lipinski definition) is 0. The maximum absolute atomic E-state index is 13.2. The van der Waals surface area contributed by atoms with Crippen molar-refractivity contribution in [2.75, 3.05) is 19.7 Å². The summed E-state index contributed by atoms with van der Waals surface area (Å²) in [7, 11) is 1.75. The molecule has 1 fully saturated rings. The fourth-order valence-electron chi connectivity index (χ4n) is 3.41. The van der Waals surface area contributed by atoms with Crippen molar-refractivity contribution in [3.05, 3.63) is 77.2 Å². The number of rotatable bonds is 3. The second kappa shape index (κ2) is 7.56. The summed E-state index contributed by atoms with van der Waals surface area (Å²) in [4.78, 5) is 14.9. The molecule has 1 atom stereocenters. The minimum absolute atomic E-state index is 0.0798. The van der Waals surface area contributed by atoms with Gasteiger partial charge in [-0.25, -0.2) is 4.39 Å². The lowest BCUT2D eigenvalue weighted by Gasteiger charge is -2.33. The van der Waals surface area contributed by atoms with Crippen molar-refractivity contribution in [1.29, 1.82) is 0 Å². The Balaban J connectivity index is 1.54. The zero-order valence-electron chi connectivity index (χ0n) is 15.9. The molecule has 4 rings (SSSR count). The molecule has 1 amide bonds. The third-order valence-electron chi connectivity index (χ3n) is 5.04.